The quantitative estimate of drug-likeness (QED) is 0.916. The number of hydrogen-bond acceptors (Lipinski definition) is 2. The monoisotopic (exact) mass is 334 g/mol. The number of aromatic carboxylic acids is 1. The molecule has 0 unspecified atom stereocenters. The number of hydrogen-bond donors (Lipinski definition) is 1. The van der Waals surface area contributed by atoms with Crippen LogP contribution in [0.4, 0.5) is 13.2 Å². The van der Waals surface area contributed by atoms with Crippen molar-refractivity contribution in [3.8, 4) is 5.69 Å². The molecule has 4 nitrogen and oxygen atoms in total. The maximum Gasteiger partial charge on any atom is 0.435 e. The third-order valence-corrected chi connectivity index (χ3v) is 2.99. The van der Waals surface area contributed by atoms with Crippen LogP contribution in [0.1, 0.15) is 16.1 Å². The second kappa shape index (κ2) is 4.69. The van der Waals surface area contributed by atoms with E-state index >= 15 is 0 Å². The highest BCUT2D eigenvalue weighted by atomic mass is 79.9. The molecule has 1 N–H and O–H groups in total. The summed E-state index contributed by atoms with van der Waals surface area (Å²) in [5.74, 6) is -1.26. The van der Waals surface area contributed by atoms with E-state index in [0.29, 0.717) is 0 Å². The topological polar surface area (TPSA) is 55.1 Å². The van der Waals surface area contributed by atoms with Crippen molar-refractivity contribution < 1.29 is 23.1 Å². The van der Waals surface area contributed by atoms with Crippen LogP contribution in [0.2, 0.25) is 0 Å². The molecule has 0 spiro atoms. The van der Waals surface area contributed by atoms with E-state index in [4.69, 9.17) is 5.11 Å². The van der Waals surface area contributed by atoms with Crippen molar-refractivity contribution in [3.63, 3.8) is 0 Å². The number of rotatable bonds is 2. The van der Waals surface area contributed by atoms with Crippen LogP contribution in [0.3, 0.4) is 0 Å². The lowest BCUT2D eigenvalue weighted by atomic mass is 10.2. The summed E-state index contributed by atoms with van der Waals surface area (Å²) in [6, 6.07) is 5.16. The fourth-order valence-electron chi connectivity index (χ4n) is 1.52. The van der Waals surface area contributed by atoms with Crippen molar-refractivity contribution >= 4 is 21.9 Å². The molecular formula is C11H6BrF3N2O2. The number of benzene rings is 1. The number of halogens is 4. The van der Waals surface area contributed by atoms with Crippen LogP contribution < -0.4 is 0 Å². The van der Waals surface area contributed by atoms with Gasteiger partial charge in [-0.2, -0.15) is 18.3 Å². The molecule has 0 aliphatic carbocycles. The fraction of sp³-hybridized carbons (Fsp3) is 0.0909. The zero-order chi connectivity index (χ0) is 14.2. The largest absolute Gasteiger partial charge is 0.478 e. The summed E-state index contributed by atoms with van der Waals surface area (Å²) in [4.78, 5) is 11.1. The van der Waals surface area contributed by atoms with Gasteiger partial charge in [-0.25, -0.2) is 9.48 Å². The number of alkyl halides is 3. The average Bonchev–Trinajstić information content (AvgIpc) is 2.76. The minimum absolute atomic E-state index is 0.0531. The molecule has 0 atom stereocenters. The smallest absolute Gasteiger partial charge is 0.435 e. The molecule has 0 fully saturated rings. The van der Waals surface area contributed by atoms with E-state index in [2.05, 4.69) is 21.0 Å². The molecule has 0 saturated heterocycles. The van der Waals surface area contributed by atoms with Gasteiger partial charge >= 0.3 is 12.1 Å². The second-order valence-corrected chi connectivity index (χ2v) is 4.44. The highest BCUT2D eigenvalue weighted by Crippen LogP contribution is 2.29. The van der Waals surface area contributed by atoms with E-state index in [-0.39, 0.29) is 15.7 Å². The van der Waals surface area contributed by atoms with Gasteiger partial charge in [0.1, 0.15) is 0 Å². The van der Waals surface area contributed by atoms with Crippen LogP contribution in [-0.4, -0.2) is 20.9 Å². The Morgan fingerprint density at radius 2 is 2.00 bits per heavy atom. The molecule has 0 bridgehead atoms. The van der Waals surface area contributed by atoms with Gasteiger partial charge in [0.15, 0.2) is 5.69 Å². The Morgan fingerprint density at radius 3 is 2.53 bits per heavy atom. The molecule has 2 rings (SSSR count). The van der Waals surface area contributed by atoms with Crippen molar-refractivity contribution in [2.24, 2.45) is 0 Å². The fourth-order valence-corrected chi connectivity index (χ4v) is 2.05. The number of aromatic nitrogens is 2. The molecule has 2 aromatic rings. The molecule has 1 aromatic heterocycles. The van der Waals surface area contributed by atoms with Gasteiger partial charge in [-0.15, -0.1) is 0 Å². The first-order valence-corrected chi connectivity index (χ1v) is 5.75. The lowest BCUT2D eigenvalue weighted by molar-refractivity contribution is -0.141. The number of carboxylic acids is 1. The zero-order valence-corrected chi connectivity index (χ0v) is 10.7. The van der Waals surface area contributed by atoms with E-state index in [1.165, 1.54) is 18.2 Å². The summed E-state index contributed by atoms with van der Waals surface area (Å²) in [5, 5.41) is 12.4. The summed E-state index contributed by atoms with van der Waals surface area (Å²) in [6.07, 6.45) is -3.50. The van der Waals surface area contributed by atoms with Crippen LogP contribution >= 0.6 is 15.9 Å². The van der Waals surface area contributed by atoms with Crippen molar-refractivity contribution in [3.05, 3.63) is 46.2 Å². The first-order valence-electron chi connectivity index (χ1n) is 4.96. The van der Waals surface area contributed by atoms with Gasteiger partial charge in [-0.05, 0) is 34.1 Å². The average molecular weight is 335 g/mol. The van der Waals surface area contributed by atoms with Gasteiger partial charge in [0, 0.05) is 10.7 Å². The van der Waals surface area contributed by atoms with E-state index in [1.807, 2.05) is 0 Å². The number of nitrogens with zero attached hydrogens (tertiary/aromatic N) is 2. The first-order chi connectivity index (χ1) is 8.80. The van der Waals surface area contributed by atoms with Gasteiger partial charge in [-0.3, -0.25) is 0 Å². The Bertz CT molecular complexity index is 637. The molecule has 0 aliphatic heterocycles. The van der Waals surface area contributed by atoms with E-state index < -0.39 is 17.8 Å². The molecule has 0 radical (unpaired) electrons. The zero-order valence-electron chi connectivity index (χ0n) is 9.15. The van der Waals surface area contributed by atoms with Gasteiger partial charge in [0.2, 0.25) is 0 Å². The maximum absolute atomic E-state index is 12.5. The third kappa shape index (κ3) is 2.62. The molecule has 0 saturated carbocycles. The molecule has 100 valence electrons. The number of carboxylic acid groups (broad SMARTS) is 1. The molecule has 0 aliphatic rings. The summed E-state index contributed by atoms with van der Waals surface area (Å²) in [6.45, 7) is 0. The Hall–Kier alpha value is -1.83. The lowest BCUT2D eigenvalue weighted by Gasteiger charge is -2.08. The molecule has 0 amide bonds. The maximum atomic E-state index is 12.5. The van der Waals surface area contributed by atoms with Gasteiger partial charge < -0.3 is 5.11 Å². The Labute approximate surface area is 113 Å². The third-order valence-electron chi connectivity index (χ3n) is 2.33. The molecule has 19 heavy (non-hydrogen) atoms. The van der Waals surface area contributed by atoms with Crippen molar-refractivity contribution in [2.75, 3.05) is 0 Å². The minimum atomic E-state index is -4.57. The standard InChI is InChI=1S/C11H6BrF3N2O2/c12-6-2-1-3-7(9(6)10(18)19)17-5-4-8(16-17)11(13,14)15/h1-5H,(H,18,19). The van der Waals surface area contributed by atoms with E-state index in [9.17, 15) is 18.0 Å². The normalized spacial score (nSPS) is 11.6. The predicted molar refractivity (Wildman–Crippen MR) is 63.2 cm³/mol. The summed E-state index contributed by atoms with van der Waals surface area (Å²) >= 11 is 3.05. The van der Waals surface area contributed by atoms with Gasteiger partial charge in [0.05, 0.1) is 11.3 Å². The molecular weight excluding hydrogens is 329 g/mol. The first kappa shape index (κ1) is 13.6. The molecule has 8 heteroatoms. The van der Waals surface area contributed by atoms with Crippen LogP contribution in [0.15, 0.2) is 34.9 Å². The molecule has 1 aromatic carbocycles. The van der Waals surface area contributed by atoms with Crippen LogP contribution in [0.5, 0.6) is 0 Å². The van der Waals surface area contributed by atoms with Crippen LogP contribution in [0, 0.1) is 0 Å². The minimum Gasteiger partial charge on any atom is -0.478 e. The summed E-state index contributed by atoms with van der Waals surface area (Å²) in [7, 11) is 0. The Balaban J connectivity index is 2.57. The number of carbonyl (C=O) groups is 1. The van der Waals surface area contributed by atoms with E-state index in [0.717, 1.165) is 16.9 Å². The predicted octanol–water partition coefficient (Wildman–Crippen LogP) is 3.35. The van der Waals surface area contributed by atoms with Crippen molar-refractivity contribution in [1.82, 2.24) is 9.78 Å². The Kier molecular flexibility index (Phi) is 3.36. The van der Waals surface area contributed by atoms with Crippen molar-refractivity contribution in [2.45, 2.75) is 6.18 Å². The van der Waals surface area contributed by atoms with Crippen LogP contribution in [-0.2, 0) is 6.18 Å². The summed E-state index contributed by atoms with van der Waals surface area (Å²) < 4.78 is 38.5. The summed E-state index contributed by atoms with van der Waals surface area (Å²) in [5.41, 5.74) is -1.18. The second-order valence-electron chi connectivity index (χ2n) is 3.58. The molecule has 1 heterocycles. The van der Waals surface area contributed by atoms with Gasteiger partial charge in [0.25, 0.3) is 0 Å². The highest BCUT2D eigenvalue weighted by Gasteiger charge is 2.34. The van der Waals surface area contributed by atoms with Crippen LogP contribution in [0.25, 0.3) is 5.69 Å². The Morgan fingerprint density at radius 1 is 1.32 bits per heavy atom. The SMILES string of the molecule is O=C(O)c1c(Br)cccc1-n1ccc(C(F)(F)F)n1. The van der Waals surface area contributed by atoms with Crippen molar-refractivity contribution in [1.29, 1.82) is 0 Å². The lowest BCUT2D eigenvalue weighted by Crippen LogP contribution is -2.10. The van der Waals surface area contributed by atoms with E-state index in [1.54, 1.807) is 0 Å². The highest BCUT2D eigenvalue weighted by molar-refractivity contribution is 9.10. The van der Waals surface area contributed by atoms with Gasteiger partial charge in [-0.1, -0.05) is 6.07 Å².